The molecule has 0 atom stereocenters. The zero-order chi connectivity index (χ0) is 12.7. The minimum atomic E-state index is 0. The van der Waals surface area contributed by atoms with Gasteiger partial charge in [-0.25, -0.2) is 0 Å². The average Bonchev–Trinajstić information content (AvgIpc) is 2.25. The summed E-state index contributed by atoms with van der Waals surface area (Å²) in [6.07, 6.45) is 2.23. The standard InChI is InChI=1S/C14H23N3.HI/c1-14(2,3)10-7-11-16-13(15)17-12-8-5-4-6-9-12;/h4-6,8-9H,7,10-11H2,1-3H3,(H3,15,16,17);1H. The lowest BCUT2D eigenvalue weighted by Gasteiger charge is -2.16. The van der Waals surface area contributed by atoms with Crippen molar-refractivity contribution in [3.05, 3.63) is 30.3 Å². The van der Waals surface area contributed by atoms with Crippen LogP contribution in [0.2, 0.25) is 0 Å². The zero-order valence-electron chi connectivity index (χ0n) is 11.4. The molecule has 0 aliphatic heterocycles. The van der Waals surface area contributed by atoms with Crippen LogP contribution in [0, 0.1) is 5.41 Å². The molecular formula is C14H24IN3. The molecule has 0 aliphatic rings. The Labute approximate surface area is 127 Å². The molecule has 0 fully saturated rings. The lowest BCUT2D eigenvalue weighted by atomic mass is 9.91. The van der Waals surface area contributed by atoms with Gasteiger partial charge in [0.15, 0.2) is 5.96 Å². The molecule has 3 nitrogen and oxygen atoms in total. The summed E-state index contributed by atoms with van der Waals surface area (Å²) in [4.78, 5) is 4.31. The van der Waals surface area contributed by atoms with Crippen molar-refractivity contribution >= 4 is 35.6 Å². The van der Waals surface area contributed by atoms with E-state index in [1.54, 1.807) is 0 Å². The van der Waals surface area contributed by atoms with E-state index in [2.05, 4.69) is 31.1 Å². The van der Waals surface area contributed by atoms with Gasteiger partial charge >= 0.3 is 0 Å². The molecular weight excluding hydrogens is 337 g/mol. The number of rotatable bonds is 4. The van der Waals surface area contributed by atoms with Gasteiger partial charge in [-0.3, -0.25) is 4.99 Å². The van der Waals surface area contributed by atoms with E-state index in [9.17, 15) is 0 Å². The maximum absolute atomic E-state index is 5.79. The first-order valence-electron chi connectivity index (χ1n) is 6.09. The van der Waals surface area contributed by atoms with Crippen LogP contribution < -0.4 is 11.1 Å². The van der Waals surface area contributed by atoms with Gasteiger partial charge in [-0.2, -0.15) is 0 Å². The van der Waals surface area contributed by atoms with Crippen LogP contribution in [0.3, 0.4) is 0 Å². The number of para-hydroxylation sites is 1. The van der Waals surface area contributed by atoms with E-state index in [-0.39, 0.29) is 24.0 Å². The van der Waals surface area contributed by atoms with Crippen molar-refractivity contribution in [3.63, 3.8) is 0 Å². The van der Waals surface area contributed by atoms with Gasteiger partial charge in [-0.1, -0.05) is 39.0 Å². The van der Waals surface area contributed by atoms with Crippen molar-refractivity contribution in [2.24, 2.45) is 16.1 Å². The summed E-state index contributed by atoms with van der Waals surface area (Å²) < 4.78 is 0. The molecule has 1 rings (SSSR count). The van der Waals surface area contributed by atoms with Gasteiger partial charge < -0.3 is 11.1 Å². The zero-order valence-corrected chi connectivity index (χ0v) is 13.8. The number of nitrogens with two attached hydrogens (primary N) is 1. The van der Waals surface area contributed by atoms with E-state index in [0.29, 0.717) is 11.4 Å². The predicted octanol–water partition coefficient (Wildman–Crippen LogP) is 3.86. The normalized spacial score (nSPS) is 11.8. The number of anilines is 1. The van der Waals surface area contributed by atoms with Gasteiger partial charge in [-0.05, 0) is 30.4 Å². The highest BCUT2D eigenvalue weighted by atomic mass is 127. The lowest BCUT2D eigenvalue weighted by molar-refractivity contribution is 0.368. The Kier molecular flexibility index (Phi) is 7.98. The number of benzene rings is 1. The number of hydrogen-bond acceptors (Lipinski definition) is 1. The van der Waals surface area contributed by atoms with E-state index in [1.165, 1.54) is 0 Å². The van der Waals surface area contributed by atoms with E-state index in [1.807, 2.05) is 30.3 Å². The second kappa shape index (κ2) is 8.34. The van der Waals surface area contributed by atoms with Crippen LogP contribution >= 0.6 is 24.0 Å². The topological polar surface area (TPSA) is 50.4 Å². The molecule has 0 unspecified atom stereocenters. The average molecular weight is 361 g/mol. The summed E-state index contributed by atoms with van der Waals surface area (Å²) in [7, 11) is 0. The van der Waals surface area contributed by atoms with Gasteiger partial charge in [-0.15, -0.1) is 24.0 Å². The van der Waals surface area contributed by atoms with Gasteiger partial charge in [0.05, 0.1) is 0 Å². The molecule has 102 valence electrons. The Hall–Kier alpha value is -0.780. The van der Waals surface area contributed by atoms with E-state index >= 15 is 0 Å². The highest BCUT2D eigenvalue weighted by Crippen LogP contribution is 2.20. The molecule has 1 aromatic rings. The van der Waals surface area contributed by atoms with E-state index in [0.717, 1.165) is 25.1 Å². The highest BCUT2D eigenvalue weighted by Gasteiger charge is 2.08. The lowest BCUT2D eigenvalue weighted by Crippen LogP contribution is -2.22. The third kappa shape index (κ3) is 8.33. The molecule has 0 bridgehead atoms. The van der Waals surface area contributed by atoms with Gasteiger partial charge in [0.25, 0.3) is 0 Å². The number of halogens is 1. The van der Waals surface area contributed by atoms with Gasteiger partial charge in [0.1, 0.15) is 0 Å². The molecule has 0 saturated heterocycles. The summed E-state index contributed by atoms with van der Waals surface area (Å²) in [5.41, 5.74) is 7.14. The van der Waals surface area contributed by atoms with Gasteiger partial charge in [0, 0.05) is 12.2 Å². The number of nitrogens with one attached hydrogen (secondary N) is 1. The molecule has 3 N–H and O–H groups in total. The number of aliphatic imine (C=N–C) groups is 1. The summed E-state index contributed by atoms with van der Waals surface area (Å²) in [5.74, 6) is 0.491. The minimum Gasteiger partial charge on any atom is -0.370 e. The van der Waals surface area contributed by atoms with Crippen molar-refractivity contribution in [2.75, 3.05) is 11.9 Å². The monoisotopic (exact) mass is 361 g/mol. The molecule has 0 aromatic heterocycles. The van der Waals surface area contributed by atoms with Crippen molar-refractivity contribution in [1.29, 1.82) is 0 Å². The maximum atomic E-state index is 5.79. The molecule has 0 heterocycles. The predicted molar refractivity (Wildman–Crippen MR) is 90.7 cm³/mol. The number of hydrogen-bond donors (Lipinski definition) is 2. The summed E-state index contributed by atoms with van der Waals surface area (Å²) in [5, 5.41) is 3.07. The van der Waals surface area contributed by atoms with Crippen molar-refractivity contribution in [1.82, 2.24) is 0 Å². The quantitative estimate of drug-likeness (QED) is 0.370. The largest absolute Gasteiger partial charge is 0.370 e. The molecule has 0 amide bonds. The van der Waals surface area contributed by atoms with E-state index < -0.39 is 0 Å². The van der Waals surface area contributed by atoms with Crippen molar-refractivity contribution < 1.29 is 0 Å². The molecule has 0 radical (unpaired) electrons. The molecule has 0 aliphatic carbocycles. The van der Waals surface area contributed by atoms with Crippen LogP contribution in [0.5, 0.6) is 0 Å². The minimum absolute atomic E-state index is 0. The fourth-order valence-electron chi connectivity index (χ4n) is 1.52. The molecule has 0 saturated carbocycles. The third-order valence-corrected chi connectivity index (χ3v) is 2.41. The van der Waals surface area contributed by atoms with Crippen LogP contribution in [0.1, 0.15) is 33.6 Å². The van der Waals surface area contributed by atoms with Crippen LogP contribution in [-0.4, -0.2) is 12.5 Å². The van der Waals surface area contributed by atoms with Gasteiger partial charge in [0.2, 0.25) is 0 Å². The number of guanidine groups is 1. The Bertz CT molecular complexity index is 355. The molecule has 4 heteroatoms. The fraction of sp³-hybridized carbons (Fsp3) is 0.500. The Morgan fingerprint density at radius 3 is 2.39 bits per heavy atom. The van der Waals surface area contributed by atoms with Crippen LogP contribution in [0.15, 0.2) is 35.3 Å². The molecule has 18 heavy (non-hydrogen) atoms. The summed E-state index contributed by atoms with van der Waals surface area (Å²) in [6.45, 7) is 7.50. The van der Waals surface area contributed by atoms with Crippen molar-refractivity contribution in [3.8, 4) is 0 Å². The maximum Gasteiger partial charge on any atom is 0.193 e. The second-order valence-electron chi connectivity index (χ2n) is 5.42. The highest BCUT2D eigenvalue weighted by molar-refractivity contribution is 14.0. The third-order valence-electron chi connectivity index (χ3n) is 2.41. The first kappa shape index (κ1) is 17.2. The van der Waals surface area contributed by atoms with E-state index in [4.69, 9.17) is 5.73 Å². The summed E-state index contributed by atoms with van der Waals surface area (Å²) >= 11 is 0. The SMILES string of the molecule is CC(C)(C)CCCN=C(N)Nc1ccccc1.I. The number of nitrogens with zero attached hydrogens (tertiary/aromatic N) is 1. The Morgan fingerprint density at radius 2 is 1.83 bits per heavy atom. The molecule has 1 aromatic carbocycles. The van der Waals surface area contributed by atoms with Crippen LogP contribution in [0.4, 0.5) is 5.69 Å². The van der Waals surface area contributed by atoms with Crippen LogP contribution in [-0.2, 0) is 0 Å². The first-order valence-corrected chi connectivity index (χ1v) is 6.09. The van der Waals surface area contributed by atoms with Crippen molar-refractivity contribution in [2.45, 2.75) is 33.6 Å². The van der Waals surface area contributed by atoms with Crippen LogP contribution in [0.25, 0.3) is 0 Å². The smallest absolute Gasteiger partial charge is 0.193 e. The Balaban J connectivity index is 0.00000289. The molecule has 0 spiro atoms. The summed E-state index contributed by atoms with van der Waals surface area (Å²) in [6, 6.07) is 9.85. The Morgan fingerprint density at radius 1 is 1.22 bits per heavy atom. The fourth-order valence-corrected chi connectivity index (χ4v) is 1.52. The first-order chi connectivity index (χ1) is 7.97. The second-order valence-corrected chi connectivity index (χ2v) is 5.42.